The summed E-state index contributed by atoms with van der Waals surface area (Å²) >= 11 is 17.3. The Morgan fingerprint density at radius 1 is 0.868 bits per heavy atom. The maximum atomic E-state index is 14.9. The third-order valence-electron chi connectivity index (χ3n) is 5.04. The second kappa shape index (κ2) is 11.4. The number of carbonyl (C=O) groups is 1. The molecule has 38 heavy (non-hydrogen) atoms. The molecule has 0 bridgehead atoms. The Bertz CT molecular complexity index is 1350. The van der Waals surface area contributed by atoms with Gasteiger partial charge in [0.15, 0.2) is 0 Å². The van der Waals surface area contributed by atoms with Gasteiger partial charge in [-0.15, -0.1) is 0 Å². The highest BCUT2D eigenvalue weighted by molar-refractivity contribution is 6.48. The quantitative estimate of drug-likeness (QED) is 0.168. The number of allylic oxidation sites excluding steroid dienone is 1. The van der Waals surface area contributed by atoms with Crippen molar-refractivity contribution in [3.05, 3.63) is 104 Å². The average molecular weight is 604 g/mol. The lowest BCUT2D eigenvalue weighted by Crippen LogP contribution is -2.31. The van der Waals surface area contributed by atoms with Gasteiger partial charge in [0.25, 0.3) is 5.91 Å². The highest BCUT2D eigenvalue weighted by atomic mass is 35.5. The lowest BCUT2D eigenvalue weighted by Gasteiger charge is -2.19. The van der Waals surface area contributed by atoms with Crippen LogP contribution in [0, 0.1) is 5.82 Å². The first kappa shape index (κ1) is 29.5. The molecule has 0 aliphatic heterocycles. The Labute approximate surface area is 225 Å². The van der Waals surface area contributed by atoms with Gasteiger partial charge in [-0.25, -0.2) is 8.78 Å². The number of amides is 1. The number of carbonyl (C=O) groups excluding carboxylic acids is 1. The van der Waals surface area contributed by atoms with E-state index in [1.807, 2.05) is 5.43 Å². The van der Waals surface area contributed by atoms with Gasteiger partial charge in [0.2, 0.25) is 0 Å². The standard InChI is InChI=1S/C24H13Cl3F8N2O/c25-18-8-12(9-19(26)21(18)27)16(23(30,31)32)10-20(29)11-1-6-15(17(7-11)24(33,34)35)22(38)37-36-14-4-2-13(28)3-5-14/h1-10,16,36H,(H,37,38)/b20-10-. The summed E-state index contributed by atoms with van der Waals surface area (Å²) in [5, 5.41) is -0.928. The Morgan fingerprint density at radius 2 is 1.45 bits per heavy atom. The first-order valence-corrected chi connectivity index (χ1v) is 11.3. The molecule has 202 valence electrons. The fraction of sp³-hybridized carbons (Fsp3) is 0.125. The molecule has 0 heterocycles. The van der Waals surface area contributed by atoms with E-state index in [1.165, 1.54) is 12.1 Å². The maximum Gasteiger partial charge on any atom is 0.417 e. The van der Waals surface area contributed by atoms with E-state index in [1.54, 1.807) is 0 Å². The monoisotopic (exact) mass is 602 g/mol. The number of benzene rings is 3. The summed E-state index contributed by atoms with van der Waals surface area (Å²) in [7, 11) is 0. The predicted molar refractivity (Wildman–Crippen MR) is 128 cm³/mol. The molecule has 0 saturated heterocycles. The Kier molecular flexibility index (Phi) is 8.85. The number of rotatable bonds is 6. The minimum Gasteiger partial charge on any atom is -0.298 e. The topological polar surface area (TPSA) is 41.1 Å². The van der Waals surface area contributed by atoms with Gasteiger partial charge < -0.3 is 0 Å². The van der Waals surface area contributed by atoms with Crippen LogP contribution in [-0.4, -0.2) is 12.1 Å². The maximum absolute atomic E-state index is 14.9. The molecule has 3 aromatic carbocycles. The van der Waals surface area contributed by atoms with Crippen LogP contribution in [-0.2, 0) is 6.18 Å². The number of nitrogens with one attached hydrogen (secondary N) is 2. The van der Waals surface area contributed by atoms with Gasteiger partial charge in [0, 0.05) is 5.56 Å². The van der Waals surface area contributed by atoms with E-state index in [2.05, 4.69) is 5.43 Å². The second-order valence-corrected chi connectivity index (χ2v) is 8.87. The van der Waals surface area contributed by atoms with Crippen LogP contribution in [0.25, 0.3) is 5.83 Å². The van der Waals surface area contributed by atoms with Gasteiger partial charge in [0.05, 0.1) is 31.9 Å². The van der Waals surface area contributed by atoms with Gasteiger partial charge in [-0.1, -0.05) is 40.9 Å². The fourth-order valence-corrected chi connectivity index (χ4v) is 3.84. The van der Waals surface area contributed by atoms with E-state index in [0.29, 0.717) is 12.1 Å². The van der Waals surface area contributed by atoms with E-state index in [-0.39, 0.29) is 32.9 Å². The third kappa shape index (κ3) is 7.09. The summed E-state index contributed by atoms with van der Waals surface area (Å²) in [5.41, 5.74) is 0.359. The van der Waals surface area contributed by atoms with Crippen molar-refractivity contribution in [2.75, 3.05) is 5.43 Å². The number of alkyl halides is 6. The van der Waals surface area contributed by atoms with Crippen LogP contribution in [0.3, 0.4) is 0 Å². The summed E-state index contributed by atoms with van der Waals surface area (Å²) in [6, 6.07) is 7.58. The summed E-state index contributed by atoms with van der Waals surface area (Å²) < 4.78 is 110. The van der Waals surface area contributed by atoms with E-state index in [0.717, 1.165) is 24.3 Å². The molecule has 0 aliphatic rings. The lowest BCUT2D eigenvalue weighted by molar-refractivity contribution is -0.140. The van der Waals surface area contributed by atoms with Gasteiger partial charge in [-0.05, 0) is 60.2 Å². The molecule has 3 nitrogen and oxygen atoms in total. The Morgan fingerprint density at radius 3 is 1.97 bits per heavy atom. The highest BCUT2D eigenvalue weighted by Crippen LogP contribution is 2.42. The molecule has 1 atom stereocenters. The van der Waals surface area contributed by atoms with Crippen LogP contribution in [0.1, 0.15) is 33.0 Å². The van der Waals surface area contributed by atoms with Crippen molar-refractivity contribution in [2.45, 2.75) is 18.3 Å². The first-order chi connectivity index (χ1) is 17.6. The molecule has 1 amide bonds. The zero-order valence-electron chi connectivity index (χ0n) is 18.4. The number of hydrazine groups is 1. The molecular formula is C24H13Cl3F8N2O. The average Bonchev–Trinajstić information content (AvgIpc) is 2.83. The third-order valence-corrected chi connectivity index (χ3v) is 6.24. The molecule has 1 unspecified atom stereocenters. The fourth-order valence-electron chi connectivity index (χ4n) is 3.23. The summed E-state index contributed by atoms with van der Waals surface area (Å²) in [5.74, 6) is -6.19. The largest absolute Gasteiger partial charge is 0.417 e. The summed E-state index contributed by atoms with van der Waals surface area (Å²) in [6.45, 7) is 0. The van der Waals surface area contributed by atoms with Crippen LogP contribution in [0.15, 0.2) is 60.7 Å². The zero-order chi connectivity index (χ0) is 28.4. The lowest BCUT2D eigenvalue weighted by atomic mass is 9.95. The molecule has 0 fully saturated rings. The van der Waals surface area contributed by atoms with Gasteiger partial charge >= 0.3 is 12.4 Å². The molecular weight excluding hydrogens is 591 g/mol. The summed E-state index contributed by atoms with van der Waals surface area (Å²) in [6.07, 6.45) is -10.2. The molecule has 0 radical (unpaired) electrons. The Balaban J connectivity index is 1.97. The minimum atomic E-state index is -5.18. The molecule has 3 aromatic rings. The van der Waals surface area contributed by atoms with E-state index < -0.39 is 58.1 Å². The number of halogens is 11. The molecule has 0 saturated carbocycles. The van der Waals surface area contributed by atoms with Crippen LogP contribution in [0.4, 0.5) is 40.8 Å². The molecule has 0 aromatic heterocycles. The highest BCUT2D eigenvalue weighted by Gasteiger charge is 2.41. The molecule has 0 aliphatic carbocycles. The molecule has 14 heteroatoms. The zero-order valence-corrected chi connectivity index (χ0v) is 20.7. The van der Waals surface area contributed by atoms with Crippen LogP contribution in [0.2, 0.25) is 15.1 Å². The van der Waals surface area contributed by atoms with Crippen molar-refractivity contribution < 1.29 is 39.9 Å². The summed E-state index contributed by atoms with van der Waals surface area (Å²) in [4.78, 5) is 12.4. The van der Waals surface area contributed by atoms with Crippen LogP contribution < -0.4 is 10.9 Å². The smallest absolute Gasteiger partial charge is 0.298 e. The van der Waals surface area contributed by atoms with E-state index in [9.17, 15) is 39.9 Å². The number of hydrogen-bond acceptors (Lipinski definition) is 2. The van der Waals surface area contributed by atoms with Gasteiger partial charge in [0.1, 0.15) is 17.6 Å². The Hall–Kier alpha value is -3.02. The van der Waals surface area contributed by atoms with Gasteiger partial charge in [-0.3, -0.25) is 15.6 Å². The second-order valence-electron chi connectivity index (χ2n) is 7.68. The van der Waals surface area contributed by atoms with Crippen molar-refractivity contribution in [2.24, 2.45) is 0 Å². The SMILES string of the molecule is O=C(NNc1ccc(F)cc1)c1ccc(/C(F)=C/C(c2cc(Cl)c(Cl)c(Cl)c2)C(F)(F)F)cc1C(F)(F)F. The predicted octanol–water partition coefficient (Wildman–Crippen LogP) is 9.22. The normalized spacial score (nSPS) is 13.3. The van der Waals surface area contributed by atoms with Crippen molar-refractivity contribution >= 4 is 52.2 Å². The molecule has 3 rings (SSSR count). The molecule has 2 N–H and O–H groups in total. The van der Waals surface area contributed by atoms with Crippen molar-refractivity contribution in [3.8, 4) is 0 Å². The first-order valence-electron chi connectivity index (χ1n) is 10.2. The number of anilines is 1. The minimum absolute atomic E-state index is 0.0568. The van der Waals surface area contributed by atoms with Crippen molar-refractivity contribution in [1.29, 1.82) is 0 Å². The van der Waals surface area contributed by atoms with Gasteiger partial charge in [-0.2, -0.15) is 26.3 Å². The van der Waals surface area contributed by atoms with Crippen LogP contribution >= 0.6 is 34.8 Å². The van der Waals surface area contributed by atoms with E-state index in [4.69, 9.17) is 34.8 Å². The van der Waals surface area contributed by atoms with Crippen molar-refractivity contribution in [1.82, 2.24) is 5.43 Å². The van der Waals surface area contributed by atoms with Crippen LogP contribution in [0.5, 0.6) is 0 Å². The number of hydrogen-bond donors (Lipinski definition) is 2. The molecule has 0 spiro atoms. The van der Waals surface area contributed by atoms with E-state index >= 15 is 0 Å². The van der Waals surface area contributed by atoms with Crippen molar-refractivity contribution in [3.63, 3.8) is 0 Å².